The Labute approximate surface area is 86.8 Å². The van der Waals surface area contributed by atoms with Crippen molar-refractivity contribution < 1.29 is 14.9 Å². The largest absolute Gasteiger partial charge is 0.507 e. The van der Waals surface area contributed by atoms with E-state index in [9.17, 15) is 5.11 Å². The van der Waals surface area contributed by atoms with E-state index in [1.54, 1.807) is 25.3 Å². The van der Waals surface area contributed by atoms with Crippen molar-refractivity contribution in [3.63, 3.8) is 0 Å². The lowest BCUT2D eigenvalue weighted by Gasteiger charge is -2.06. The number of aromatic hydroxyl groups is 1. The molecule has 0 unspecified atom stereocenters. The molecule has 0 aliphatic heterocycles. The van der Waals surface area contributed by atoms with Gasteiger partial charge in [-0.3, -0.25) is 4.98 Å². The number of hydrogen-bond acceptors (Lipinski definition) is 4. The molecule has 15 heavy (non-hydrogen) atoms. The number of benzene rings is 1. The monoisotopic (exact) mass is 205 g/mol. The molecule has 0 spiro atoms. The fraction of sp³-hybridized carbons (Fsp3) is 0.182. The van der Waals surface area contributed by atoms with E-state index in [1.165, 1.54) is 6.20 Å². The molecular weight excluding hydrogens is 194 g/mol. The van der Waals surface area contributed by atoms with E-state index in [2.05, 4.69) is 4.98 Å². The van der Waals surface area contributed by atoms with Crippen molar-refractivity contribution in [2.24, 2.45) is 0 Å². The van der Waals surface area contributed by atoms with Gasteiger partial charge in [0.15, 0.2) is 0 Å². The summed E-state index contributed by atoms with van der Waals surface area (Å²) in [5.74, 6) is 0.705. The maximum absolute atomic E-state index is 9.81. The highest BCUT2D eigenvalue weighted by atomic mass is 16.5. The predicted octanol–water partition coefficient (Wildman–Crippen LogP) is 1.44. The van der Waals surface area contributed by atoms with Gasteiger partial charge in [-0.1, -0.05) is 0 Å². The fourth-order valence-electron chi connectivity index (χ4n) is 1.44. The van der Waals surface area contributed by atoms with Gasteiger partial charge in [0.25, 0.3) is 0 Å². The lowest BCUT2D eigenvalue weighted by Crippen LogP contribution is -1.90. The number of rotatable bonds is 2. The molecular formula is C11H11NO3. The summed E-state index contributed by atoms with van der Waals surface area (Å²) in [5.41, 5.74) is 1.08. The Morgan fingerprint density at radius 2 is 2.20 bits per heavy atom. The standard InChI is InChI=1S/C11H11NO3/c1-15-8-2-3-10-9(4-8)11(14)7(6-13)5-12-10/h2-5,13H,6H2,1H3,(H,12,14). The summed E-state index contributed by atoms with van der Waals surface area (Å²) >= 11 is 0. The topological polar surface area (TPSA) is 62.6 Å². The van der Waals surface area contributed by atoms with Gasteiger partial charge in [-0.2, -0.15) is 0 Å². The molecule has 0 saturated carbocycles. The zero-order valence-corrected chi connectivity index (χ0v) is 8.27. The maximum Gasteiger partial charge on any atom is 0.132 e. The van der Waals surface area contributed by atoms with E-state index in [-0.39, 0.29) is 12.4 Å². The van der Waals surface area contributed by atoms with Gasteiger partial charge < -0.3 is 14.9 Å². The van der Waals surface area contributed by atoms with Crippen molar-refractivity contribution in [3.8, 4) is 11.5 Å². The number of nitrogens with zero attached hydrogens (tertiary/aromatic N) is 1. The first-order chi connectivity index (χ1) is 7.26. The number of fused-ring (bicyclic) bond motifs is 1. The Morgan fingerprint density at radius 1 is 1.40 bits per heavy atom. The minimum absolute atomic E-state index is 0.0569. The van der Waals surface area contributed by atoms with Gasteiger partial charge in [0.2, 0.25) is 0 Å². The third-order valence-electron chi connectivity index (χ3n) is 2.29. The van der Waals surface area contributed by atoms with Gasteiger partial charge in [-0.25, -0.2) is 0 Å². The molecule has 0 atom stereocenters. The molecule has 78 valence electrons. The van der Waals surface area contributed by atoms with Crippen LogP contribution in [0.5, 0.6) is 11.5 Å². The molecule has 0 amide bonds. The summed E-state index contributed by atoms with van der Waals surface area (Å²) in [6, 6.07) is 5.22. The van der Waals surface area contributed by atoms with Crippen LogP contribution in [0.15, 0.2) is 24.4 Å². The average Bonchev–Trinajstić information content (AvgIpc) is 2.29. The second-order valence-corrected chi connectivity index (χ2v) is 3.17. The van der Waals surface area contributed by atoms with Crippen LogP contribution in [0.3, 0.4) is 0 Å². The third-order valence-corrected chi connectivity index (χ3v) is 2.29. The van der Waals surface area contributed by atoms with Crippen LogP contribution in [0.4, 0.5) is 0 Å². The van der Waals surface area contributed by atoms with Crippen LogP contribution in [0.25, 0.3) is 10.9 Å². The second kappa shape index (κ2) is 3.74. The molecule has 1 aromatic carbocycles. The summed E-state index contributed by atoms with van der Waals surface area (Å²) in [6.07, 6.45) is 1.46. The Bertz CT molecular complexity index is 491. The number of hydrogen-bond donors (Lipinski definition) is 2. The predicted molar refractivity (Wildman–Crippen MR) is 55.9 cm³/mol. The van der Waals surface area contributed by atoms with Gasteiger partial charge in [-0.05, 0) is 18.2 Å². The molecule has 0 fully saturated rings. The zero-order valence-electron chi connectivity index (χ0n) is 8.27. The maximum atomic E-state index is 9.81. The van der Waals surface area contributed by atoms with Crippen LogP contribution in [-0.4, -0.2) is 22.3 Å². The molecule has 0 bridgehead atoms. The van der Waals surface area contributed by atoms with E-state index in [4.69, 9.17) is 9.84 Å². The lowest BCUT2D eigenvalue weighted by molar-refractivity contribution is 0.275. The van der Waals surface area contributed by atoms with Crippen LogP contribution in [0.2, 0.25) is 0 Å². The molecule has 2 N–H and O–H groups in total. The number of pyridine rings is 1. The smallest absolute Gasteiger partial charge is 0.132 e. The molecule has 1 heterocycles. The van der Waals surface area contributed by atoms with E-state index in [0.29, 0.717) is 22.2 Å². The van der Waals surface area contributed by atoms with Gasteiger partial charge in [-0.15, -0.1) is 0 Å². The first-order valence-electron chi connectivity index (χ1n) is 4.51. The van der Waals surface area contributed by atoms with Crippen LogP contribution in [0.1, 0.15) is 5.56 Å². The van der Waals surface area contributed by atoms with Crippen molar-refractivity contribution in [1.29, 1.82) is 0 Å². The normalized spacial score (nSPS) is 10.5. The SMILES string of the molecule is COc1ccc2ncc(CO)c(O)c2c1. The Morgan fingerprint density at radius 3 is 2.87 bits per heavy atom. The second-order valence-electron chi connectivity index (χ2n) is 3.17. The molecule has 2 rings (SSSR count). The number of aliphatic hydroxyl groups excluding tert-OH is 1. The van der Waals surface area contributed by atoms with Crippen LogP contribution in [0, 0.1) is 0 Å². The summed E-state index contributed by atoms with van der Waals surface area (Å²) < 4.78 is 5.05. The molecule has 0 radical (unpaired) electrons. The summed E-state index contributed by atoms with van der Waals surface area (Å²) in [5, 5.41) is 19.4. The average molecular weight is 205 g/mol. The third kappa shape index (κ3) is 1.59. The molecule has 4 heteroatoms. The van der Waals surface area contributed by atoms with Crippen molar-refractivity contribution in [3.05, 3.63) is 30.0 Å². The number of ether oxygens (including phenoxy) is 1. The Balaban J connectivity index is 2.72. The Kier molecular flexibility index (Phi) is 2.43. The fourth-order valence-corrected chi connectivity index (χ4v) is 1.44. The molecule has 4 nitrogen and oxygen atoms in total. The lowest BCUT2D eigenvalue weighted by atomic mass is 10.1. The van der Waals surface area contributed by atoms with Crippen LogP contribution < -0.4 is 4.74 Å². The van der Waals surface area contributed by atoms with E-state index >= 15 is 0 Å². The van der Waals surface area contributed by atoms with Crippen LogP contribution >= 0.6 is 0 Å². The number of aliphatic hydroxyl groups is 1. The molecule has 2 aromatic rings. The molecule has 0 aliphatic carbocycles. The first-order valence-corrected chi connectivity index (χ1v) is 4.51. The van der Waals surface area contributed by atoms with Gasteiger partial charge >= 0.3 is 0 Å². The number of methoxy groups -OCH3 is 1. The van der Waals surface area contributed by atoms with Crippen molar-refractivity contribution in [2.45, 2.75) is 6.61 Å². The summed E-state index contributed by atoms with van der Waals surface area (Å²) in [7, 11) is 1.56. The van der Waals surface area contributed by atoms with Crippen molar-refractivity contribution in [2.75, 3.05) is 7.11 Å². The highest BCUT2D eigenvalue weighted by Crippen LogP contribution is 2.29. The minimum Gasteiger partial charge on any atom is -0.507 e. The van der Waals surface area contributed by atoms with Crippen molar-refractivity contribution in [1.82, 2.24) is 4.98 Å². The summed E-state index contributed by atoms with van der Waals surface area (Å²) in [6.45, 7) is -0.230. The van der Waals surface area contributed by atoms with E-state index in [0.717, 1.165) is 0 Å². The minimum atomic E-state index is -0.230. The molecule has 0 saturated heterocycles. The van der Waals surface area contributed by atoms with Crippen molar-refractivity contribution >= 4 is 10.9 Å². The van der Waals surface area contributed by atoms with Gasteiger partial charge in [0.05, 0.1) is 19.2 Å². The molecule has 0 aliphatic rings. The van der Waals surface area contributed by atoms with E-state index < -0.39 is 0 Å². The Hall–Kier alpha value is -1.81. The first kappa shape index (κ1) is 9.73. The molecule has 1 aromatic heterocycles. The van der Waals surface area contributed by atoms with Crippen LogP contribution in [-0.2, 0) is 6.61 Å². The zero-order chi connectivity index (χ0) is 10.8. The highest BCUT2D eigenvalue weighted by molar-refractivity contribution is 5.87. The quantitative estimate of drug-likeness (QED) is 0.778. The van der Waals surface area contributed by atoms with Gasteiger partial charge in [0, 0.05) is 17.1 Å². The van der Waals surface area contributed by atoms with E-state index in [1.807, 2.05) is 0 Å². The number of aromatic nitrogens is 1. The summed E-state index contributed by atoms with van der Waals surface area (Å²) in [4.78, 5) is 4.11. The van der Waals surface area contributed by atoms with Gasteiger partial charge in [0.1, 0.15) is 11.5 Å². The highest BCUT2D eigenvalue weighted by Gasteiger charge is 2.07.